The predicted octanol–water partition coefficient (Wildman–Crippen LogP) is 3.07. The van der Waals surface area contributed by atoms with Gasteiger partial charge in [0.25, 0.3) is 0 Å². The van der Waals surface area contributed by atoms with Crippen LogP contribution in [0.2, 0.25) is 0 Å². The Kier molecular flexibility index (Phi) is 2.20. The third-order valence-electron chi connectivity index (χ3n) is 2.80. The van der Waals surface area contributed by atoms with E-state index in [9.17, 15) is 5.11 Å². The summed E-state index contributed by atoms with van der Waals surface area (Å²) in [5.74, 6) is 0.466. The second kappa shape index (κ2) is 3.10. The summed E-state index contributed by atoms with van der Waals surface area (Å²) < 4.78 is 1.06. The van der Waals surface area contributed by atoms with Gasteiger partial charge in [0, 0.05) is 4.47 Å². The van der Waals surface area contributed by atoms with Crippen LogP contribution in [0, 0.1) is 5.92 Å². The van der Waals surface area contributed by atoms with Crippen molar-refractivity contribution in [3.63, 3.8) is 0 Å². The molecule has 0 amide bonds. The second-order valence-corrected chi connectivity index (χ2v) is 4.84. The molecule has 1 N–H and O–H groups in total. The van der Waals surface area contributed by atoms with Gasteiger partial charge in [-0.2, -0.15) is 0 Å². The number of halogens is 1. The Morgan fingerprint density at radius 3 is 2.31 bits per heavy atom. The highest BCUT2D eigenvalue weighted by Gasteiger charge is 2.40. The van der Waals surface area contributed by atoms with E-state index in [0.29, 0.717) is 5.92 Å². The molecule has 1 aliphatic rings. The van der Waals surface area contributed by atoms with Crippen molar-refractivity contribution in [2.24, 2.45) is 5.92 Å². The zero-order valence-corrected chi connectivity index (χ0v) is 9.21. The van der Waals surface area contributed by atoms with Gasteiger partial charge in [-0.15, -0.1) is 0 Å². The minimum atomic E-state index is -0.624. The summed E-state index contributed by atoms with van der Waals surface area (Å²) in [5, 5.41) is 10.2. The highest BCUT2D eigenvalue weighted by molar-refractivity contribution is 9.10. The number of benzene rings is 1. The van der Waals surface area contributed by atoms with E-state index in [4.69, 9.17) is 0 Å². The Morgan fingerprint density at radius 2 is 1.85 bits per heavy atom. The van der Waals surface area contributed by atoms with Crippen molar-refractivity contribution in [1.82, 2.24) is 0 Å². The average Bonchev–Trinajstić information content (AvgIpc) is 2.87. The molecule has 13 heavy (non-hydrogen) atoms. The Bertz CT molecular complexity index is 298. The number of hydrogen-bond acceptors (Lipinski definition) is 1. The van der Waals surface area contributed by atoms with Crippen molar-refractivity contribution >= 4 is 15.9 Å². The monoisotopic (exact) mass is 240 g/mol. The summed E-state index contributed by atoms with van der Waals surface area (Å²) in [5.41, 5.74) is 0.402. The lowest BCUT2D eigenvalue weighted by molar-refractivity contribution is 0.0331. The van der Waals surface area contributed by atoms with Gasteiger partial charge >= 0.3 is 0 Å². The lowest BCUT2D eigenvalue weighted by Gasteiger charge is -2.23. The summed E-state index contributed by atoms with van der Waals surface area (Å²) in [6.45, 7) is 1.91. The molecule has 1 aromatic carbocycles. The van der Waals surface area contributed by atoms with Gasteiger partial charge in [-0.3, -0.25) is 0 Å². The Hall–Kier alpha value is -0.340. The normalized spacial score (nSPS) is 21.2. The molecule has 0 bridgehead atoms. The molecule has 2 heteroatoms. The van der Waals surface area contributed by atoms with Gasteiger partial charge in [0.15, 0.2) is 0 Å². The molecule has 0 heterocycles. The van der Waals surface area contributed by atoms with Crippen molar-refractivity contribution in [2.75, 3.05) is 0 Å². The Labute approximate surface area is 86.9 Å². The van der Waals surface area contributed by atoms with Crippen molar-refractivity contribution in [3.05, 3.63) is 34.3 Å². The Morgan fingerprint density at radius 1 is 1.31 bits per heavy atom. The molecule has 1 aromatic rings. The molecular weight excluding hydrogens is 228 g/mol. The number of aliphatic hydroxyl groups is 1. The predicted molar refractivity (Wildman–Crippen MR) is 56.4 cm³/mol. The molecule has 70 valence electrons. The highest BCUT2D eigenvalue weighted by Crippen LogP contribution is 2.45. The first-order valence-corrected chi connectivity index (χ1v) is 5.38. The molecule has 0 aliphatic heterocycles. The zero-order valence-electron chi connectivity index (χ0n) is 7.63. The van der Waals surface area contributed by atoms with E-state index < -0.39 is 5.60 Å². The largest absolute Gasteiger partial charge is 0.385 e. The fraction of sp³-hybridized carbons (Fsp3) is 0.455. The third kappa shape index (κ3) is 1.79. The molecule has 0 radical (unpaired) electrons. The van der Waals surface area contributed by atoms with Gasteiger partial charge in [0.1, 0.15) is 0 Å². The van der Waals surface area contributed by atoms with Crippen LogP contribution in [0.25, 0.3) is 0 Å². The minimum absolute atomic E-state index is 0.466. The van der Waals surface area contributed by atoms with E-state index in [0.717, 1.165) is 22.9 Å². The van der Waals surface area contributed by atoms with Crippen molar-refractivity contribution in [3.8, 4) is 0 Å². The maximum absolute atomic E-state index is 10.2. The van der Waals surface area contributed by atoms with Gasteiger partial charge in [-0.25, -0.2) is 0 Å². The second-order valence-electron chi connectivity index (χ2n) is 3.93. The van der Waals surface area contributed by atoms with Gasteiger partial charge < -0.3 is 5.11 Å². The fourth-order valence-corrected chi connectivity index (χ4v) is 1.93. The molecule has 0 saturated heterocycles. The van der Waals surface area contributed by atoms with Crippen LogP contribution in [-0.4, -0.2) is 5.11 Å². The van der Waals surface area contributed by atoms with Gasteiger partial charge in [0.2, 0.25) is 0 Å². The van der Waals surface area contributed by atoms with E-state index in [-0.39, 0.29) is 0 Å². The molecule has 1 fully saturated rings. The summed E-state index contributed by atoms with van der Waals surface area (Å²) in [7, 11) is 0. The standard InChI is InChI=1S/C11H13BrO/c1-11(13,8-2-3-8)9-4-6-10(12)7-5-9/h4-8,13H,2-3H2,1H3/t11-/m0/s1. The third-order valence-corrected chi connectivity index (χ3v) is 3.33. The molecule has 1 atom stereocenters. The van der Waals surface area contributed by atoms with Crippen molar-refractivity contribution < 1.29 is 5.11 Å². The van der Waals surface area contributed by atoms with Crippen LogP contribution in [0.1, 0.15) is 25.3 Å². The molecule has 0 spiro atoms. The van der Waals surface area contributed by atoms with Crippen LogP contribution in [0.4, 0.5) is 0 Å². The Balaban J connectivity index is 2.28. The molecule has 1 nitrogen and oxygen atoms in total. The van der Waals surface area contributed by atoms with E-state index in [1.54, 1.807) is 0 Å². The minimum Gasteiger partial charge on any atom is -0.385 e. The van der Waals surface area contributed by atoms with Gasteiger partial charge in [-0.1, -0.05) is 28.1 Å². The quantitative estimate of drug-likeness (QED) is 0.843. The van der Waals surface area contributed by atoms with E-state index in [1.165, 1.54) is 0 Å². The van der Waals surface area contributed by atoms with Crippen LogP contribution in [0.3, 0.4) is 0 Å². The molecular formula is C11H13BrO. The van der Waals surface area contributed by atoms with E-state index in [2.05, 4.69) is 15.9 Å². The van der Waals surface area contributed by atoms with Crippen LogP contribution < -0.4 is 0 Å². The summed E-state index contributed by atoms with van der Waals surface area (Å²) in [6.07, 6.45) is 2.31. The van der Waals surface area contributed by atoms with E-state index in [1.807, 2.05) is 31.2 Å². The maximum Gasteiger partial charge on any atom is 0.0896 e. The van der Waals surface area contributed by atoms with Gasteiger partial charge in [-0.05, 0) is 43.4 Å². The lowest BCUT2D eigenvalue weighted by Crippen LogP contribution is -2.23. The van der Waals surface area contributed by atoms with Crippen LogP contribution in [0.5, 0.6) is 0 Å². The highest BCUT2D eigenvalue weighted by atomic mass is 79.9. The smallest absolute Gasteiger partial charge is 0.0896 e. The topological polar surface area (TPSA) is 20.2 Å². The van der Waals surface area contributed by atoms with Crippen LogP contribution in [0.15, 0.2) is 28.7 Å². The summed E-state index contributed by atoms with van der Waals surface area (Å²) in [6, 6.07) is 7.93. The van der Waals surface area contributed by atoms with Crippen LogP contribution in [-0.2, 0) is 5.60 Å². The SMILES string of the molecule is C[C@@](O)(c1ccc(Br)cc1)C1CC1. The molecule has 1 saturated carbocycles. The first-order chi connectivity index (χ1) is 6.10. The first kappa shape index (κ1) is 9.22. The lowest BCUT2D eigenvalue weighted by atomic mass is 9.91. The van der Waals surface area contributed by atoms with Crippen molar-refractivity contribution in [2.45, 2.75) is 25.4 Å². The molecule has 0 aromatic heterocycles. The van der Waals surface area contributed by atoms with Crippen molar-refractivity contribution in [1.29, 1.82) is 0 Å². The molecule has 2 rings (SSSR count). The zero-order chi connectivity index (χ0) is 9.47. The summed E-state index contributed by atoms with van der Waals surface area (Å²) >= 11 is 3.38. The summed E-state index contributed by atoms with van der Waals surface area (Å²) in [4.78, 5) is 0. The number of hydrogen-bond donors (Lipinski definition) is 1. The number of rotatable bonds is 2. The first-order valence-electron chi connectivity index (χ1n) is 4.59. The average molecular weight is 241 g/mol. The van der Waals surface area contributed by atoms with Crippen LogP contribution >= 0.6 is 15.9 Å². The molecule has 1 aliphatic carbocycles. The van der Waals surface area contributed by atoms with E-state index >= 15 is 0 Å². The maximum atomic E-state index is 10.2. The fourth-order valence-electron chi connectivity index (χ4n) is 1.67. The van der Waals surface area contributed by atoms with Gasteiger partial charge in [0.05, 0.1) is 5.60 Å². The molecule has 0 unspecified atom stereocenters.